The fourth-order valence-corrected chi connectivity index (χ4v) is 10.5. The third kappa shape index (κ3) is 13.1. The number of piperazine rings is 2. The van der Waals surface area contributed by atoms with E-state index in [-0.39, 0.29) is 47.7 Å². The first-order chi connectivity index (χ1) is 37.6. The molecule has 0 aliphatic carbocycles. The first-order valence-corrected chi connectivity index (χ1v) is 26.1. The molecule has 2 fully saturated rings. The molecule has 2 aliphatic heterocycles. The molecule has 0 bridgehead atoms. The van der Waals surface area contributed by atoms with E-state index >= 15 is 0 Å². The van der Waals surface area contributed by atoms with E-state index < -0.39 is 81.8 Å². The maximum Gasteiger partial charge on any atom is 0.416 e. The Morgan fingerprint density at radius 3 is 1.24 bits per heavy atom. The van der Waals surface area contributed by atoms with Gasteiger partial charge in [0.05, 0.1) is 24.2 Å². The summed E-state index contributed by atoms with van der Waals surface area (Å²) in [7, 11) is 0. The zero-order valence-corrected chi connectivity index (χ0v) is 44.3. The number of hydrogen-bond donors (Lipinski definition) is 1. The van der Waals surface area contributed by atoms with Gasteiger partial charge in [0.15, 0.2) is 0 Å². The van der Waals surface area contributed by atoms with E-state index in [4.69, 9.17) is 0 Å². The molecule has 7 aromatic rings. The van der Waals surface area contributed by atoms with Gasteiger partial charge >= 0.3 is 23.7 Å². The van der Waals surface area contributed by atoms with Crippen molar-refractivity contribution in [3.63, 3.8) is 0 Å². The molecular formula is C59H62F8N8O4. The van der Waals surface area contributed by atoms with Crippen molar-refractivity contribution in [1.29, 1.82) is 0 Å². The summed E-state index contributed by atoms with van der Waals surface area (Å²) in [6.07, 6.45) is -9.62. The zero-order chi connectivity index (χ0) is 56.8. The zero-order valence-electron chi connectivity index (χ0n) is 44.3. The van der Waals surface area contributed by atoms with Gasteiger partial charge in [-0.15, -0.1) is 0 Å². The van der Waals surface area contributed by atoms with E-state index in [2.05, 4.69) is 22.3 Å². The molecule has 1 N–H and O–H groups in total. The van der Waals surface area contributed by atoms with Crippen molar-refractivity contribution in [1.82, 2.24) is 28.5 Å². The molecule has 2 saturated heterocycles. The maximum absolute atomic E-state index is 14.9. The summed E-state index contributed by atoms with van der Waals surface area (Å²) in [6.45, 7) is 10.8. The molecule has 5 aromatic carbocycles. The van der Waals surface area contributed by atoms with Crippen LogP contribution in [0.4, 0.5) is 46.5 Å². The summed E-state index contributed by atoms with van der Waals surface area (Å²) in [5.74, 6) is -2.58. The second-order valence-electron chi connectivity index (χ2n) is 20.1. The molecule has 2 atom stereocenters. The van der Waals surface area contributed by atoms with Crippen molar-refractivity contribution < 1.29 is 35.1 Å². The van der Waals surface area contributed by atoms with Gasteiger partial charge in [-0.2, -0.15) is 26.3 Å². The Labute approximate surface area is 451 Å². The van der Waals surface area contributed by atoms with Crippen LogP contribution < -0.4 is 37.6 Å². The summed E-state index contributed by atoms with van der Waals surface area (Å²) >= 11 is 0. The first kappa shape index (κ1) is 57.6. The summed E-state index contributed by atoms with van der Waals surface area (Å²) in [6, 6.07) is 34.2. The Morgan fingerprint density at radius 1 is 0.468 bits per heavy atom. The Bertz CT molecular complexity index is 3480. The van der Waals surface area contributed by atoms with Crippen LogP contribution in [-0.4, -0.2) is 75.5 Å². The molecule has 12 nitrogen and oxygen atoms in total. The molecule has 0 unspecified atom stereocenters. The lowest BCUT2D eigenvalue weighted by Gasteiger charge is -2.37. The van der Waals surface area contributed by atoms with Gasteiger partial charge < -0.3 is 15.1 Å². The monoisotopic (exact) mass is 1100 g/mol. The molecule has 0 amide bonds. The van der Waals surface area contributed by atoms with Crippen LogP contribution >= 0.6 is 0 Å². The molecule has 4 heterocycles. The Morgan fingerprint density at radius 2 is 0.848 bits per heavy atom. The molecule has 9 rings (SSSR count). The van der Waals surface area contributed by atoms with Crippen molar-refractivity contribution in [2.75, 3.05) is 62.2 Å². The molecule has 79 heavy (non-hydrogen) atoms. The van der Waals surface area contributed by atoms with E-state index in [1.807, 2.05) is 103 Å². The van der Waals surface area contributed by atoms with Crippen molar-refractivity contribution in [2.24, 2.45) is 0 Å². The highest BCUT2D eigenvalue weighted by Gasteiger charge is 2.37. The van der Waals surface area contributed by atoms with E-state index in [1.54, 1.807) is 6.92 Å². The highest BCUT2D eigenvalue weighted by molar-refractivity contribution is 5.51. The molecule has 2 aliphatic rings. The van der Waals surface area contributed by atoms with Gasteiger partial charge in [0.2, 0.25) is 0 Å². The van der Waals surface area contributed by atoms with Crippen LogP contribution in [0.25, 0.3) is 0 Å². The molecule has 418 valence electrons. The normalized spacial score (nSPS) is 15.1. The van der Waals surface area contributed by atoms with E-state index in [9.17, 15) is 54.3 Å². The van der Waals surface area contributed by atoms with E-state index in [0.29, 0.717) is 52.4 Å². The largest absolute Gasteiger partial charge is 0.416 e. The second kappa shape index (κ2) is 24.6. The number of rotatable bonds is 14. The minimum atomic E-state index is -4.82. The van der Waals surface area contributed by atoms with E-state index in [1.165, 1.54) is 12.5 Å². The van der Waals surface area contributed by atoms with Crippen LogP contribution in [0.1, 0.15) is 76.0 Å². The molecule has 0 spiro atoms. The van der Waals surface area contributed by atoms with Crippen molar-refractivity contribution in [2.45, 2.75) is 84.6 Å². The predicted octanol–water partition coefficient (Wildman–Crippen LogP) is 9.39. The average Bonchev–Trinajstić information content (AvgIpc) is 3.54. The van der Waals surface area contributed by atoms with Gasteiger partial charge in [-0.1, -0.05) is 117 Å². The fraction of sp³-hybridized carbons (Fsp3) is 0.356. The third-order valence-corrected chi connectivity index (χ3v) is 14.8. The Hall–Kier alpha value is -7.58. The molecule has 0 radical (unpaired) electrons. The lowest BCUT2D eigenvalue weighted by atomic mass is 10.0. The van der Waals surface area contributed by atoms with Gasteiger partial charge in [0, 0.05) is 94.5 Å². The standard InChI is InChI=1S/C33H34F4N4O2.C26H28F4N4O2/c1-23(26-12-7-4-8-13-26)20-41-31(42)30(39-18-16-38(17-19-39)21-25-10-5-3-6-11-25)24(2)40(32(41)43)22-27-28(33(35,36)37)14-9-15-29(27)34;1-17(19-7-4-3-5-8-19)15-34-24(35)23(32-13-11-31-12-14-32)18(2)33(25(34)36)16-20-21(26(28,29)30)9-6-10-22(20)27/h3-15,23H,16-22H2,1-2H3;3-10,17,31H,11-16H2,1-2H3/t23-;17-/m00/s1. The van der Waals surface area contributed by atoms with Crippen LogP contribution in [0.5, 0.6) is 0 Å². The smallest absolute Gasteiger partial charge is 0.363 e. The number of hydrogen-bond acceptors (Lipinski definition) is 8. The summed E-state index contributed by atoms with van der Waals surface area (Å²) in [5, 5.41) is 3.20. The summed E-state index contributed by atoms with van der Waals surface area (Å²) in [5.41, 5.74) is -2.18. The van der Waals surface area contributed by atoms with Crippen LogP contribution in [0.2, 0.25) is 0 Å². The predicted molar refractivity (Wildman–Crippen MR) is 289 cm³/mol. The van der Waals surface area contributed by atoms with Crippen LogP contribution in [0.15, 0.2) is 147 Å². The fourth-order valence-electron chi connectivity index (χ4n) is 10.5. The van der Waals surface area contributed by atoms with Crippen molar-refractivity contribution in [3.8, 4) is 0 Å². The quantitative estimate of drug-likeness (QED) is 0.107. The molecular weight excluding hydrogens is 1040 g/mol. The van der Waals surface area contributed by atoms with Gasteiger partial charge in [-0.3, -0.25) is 32.8 Å². The van der Waals surface area contributed by atoms with Crippen LogP contribution in [-0.2, 0) is 45.1 Å². The molecule has 2 aromatic heterocycles. The number of nitrogens with one attached hydrogen (secondary N) is 1. The number of benzene rings is 5. The first-order valence-electron chi connectivity index (χ1n) is 26.1. The summed E-state index contributed by atoms with van der Waals surface area (Å²) < 4.78 is 117. The van der Waals surface area contributed by atoms with Crippen LogP contribution in [0, 0.1) is 25.5 Å². The molecule has 0 saturated carbocycles. The van der Waals surface area contributed by atoms with Gasteiger partial charge in [-0.05, 0) is 66.6 Å². The number of nitrogens with zero attached hydrogens (tertiary/aromatic N) is 7. The highest BCUT2D eigenvalue weighted by Crippen LogP contribution is 2.35. The Kier molecular flexibility index (Phi) is 17.9. The lowest BCUT2D eigenvalue weighted by molar-refractivity contribution is -0.139. The van der Waals surface area contributed by atoms with Crippen molar-refractivity contribution in [3.05, 3.63) is 231 Å². The highest BCUT2D eigenvalue weighted by atomic mass is 19.4. The third-order valence-electron chi connectivity index (χ3n) is 14.8. The number of aromatic nitrogens is 4. The maximum atomic E-state index is 14.9. The van der Waals surface area contributed by atoms with Gasteiger partial charge in [-0.25, -0.2) is 18.4 Å². The number of halogens is 8. The van der Waals surface area contributed by atoms with Gasteiger partial charge in [0.1, 0.15) is 23.0 Å². The van der Waals surface area contributed by atoms with Gasteiger partial charge in [0.25, 0.3) is 11.1 Å². The van der Waals surface area contributed by atoms with Crippen molar-refractivity contribution >= 4 is 11.4 Å². The van der Waals surface area contributed by atoms with E-state index in [0.717, 1.165) is 72.3 Å². The number of anilines is 2. The average molecular weight is 1100 g/mol. The SMILES string of the molecule is Cc1c(N2CCN(Cc3ccccc3)CC2)c(=O)n(C[C@H](C)c2ccccc2)c(=O)n1Cc1c(F)cccc1C(F)(F)F.Cc1c(N2CCNCC2)c(=O)n(C[C@H](C)c2ccccc2)c(=O)n1Cc1c(F)cccc1C(F)(F)F. The van der Waals surface area contributed by atoms with Crippen LogP contribution in [0.3, 0.4) is 0 Å². The second-order valence-corrected chi connectivity index (χ2v) is 20.1. The summed E-state index contributed by atoms with van der Waals surface area (Å²) in [4.78, 5) is 61.0. The lowest BCUT2D eigenvalue weighted by Crippen LogP contribution is -2.51. The Balaban J connectivity index is 0.000000211. The minimum absolute atomic E-state index is 0.0202. The topological polar surface area (TPSA) is 110 Å². The number of alkyl halides is 6. The minimum Gasteiger partial charge on any atom is -0.363 e. The molecule has 20 heteroatoms.